The van der Waals surface area contributed by atoms with Crippen molar-refractivity contribution in [1.29, 1.82) is 0 Å². The average molecular weight is 407 g/mol. The molecular weight excluding hydrogens is 386 g/mol. The van der Waals surface area contributed by atoms with E-state index in [1.807, 2.05) is 41.8 Å². The van der Waals surface area contributed by atoms with Crippen molar-refractivity contribution in [1.82, 2.24) is 5.32 Å². The lowest BCUT2D eigenvalue weighted by Gasteiger charge is -2.28. The number of aliphatic carboxylic acids is 1. The second-order valence-electron chi connectivity index (χ2n) is 7.33. The van der Waals surface area contributed by atoms with Gasteiger partial charge in [-0.05, 0) is 40.6 Å². The molecule has 5 nitrogen and oxygen atoms in total. The molecule has 1 aromatic heterocycles. The van der Waals surface area contributed by atoms with E-state index in [-0.39, 0.29) is 18.9 Å². The fraction of sp³-hybridized carbons (Fsp3) is 0.217. The minimum atomic E-state index is -1.03. The van der Waals surface area contributed by atoms with E-state index in [4.69, 9.17) is 4.74 Å². The Hall–Kier alpha value is -3.12. The highest BCUT2D eigenvalue weighted by Gasteiger charge is 2.34. The molecule has 1 amide bonds. The zero-order chi connectivity index (χ0) is 20.4. The number of carbonyl (C=O) groups excluding carboxylic acids is 1. The van der Waals surface area contributed by atoms with Crippen molar-refractivity contribution in [3.63, 3.8) is 0 Å². The van der Waals surface area contributed by atoms with Crippen LogP contribution in [0.25, 0.3) is 11.1 Å². The number of hydrogen-bond donors (Lipinski definition) is 2. The van der Waals surface area contributed by atoms with Gasteiger partial charge in [-0.15, -0.1) is 11.3 Å². The van der Waals surface area contributed by atoms with Gasteiger partial charge in [0.05, 0.1) is 12.0 Å². The molecule has 4 rings (SSSR count). The fourth-order valence-electron chi connectivity index (χ4n) is 3.95. The Morgan fingerprint density at radius 1 is 1.03 bits per heavy atom. The van der Waals surface area contributed by atoms with Gasteiger partial charge in [0.1, 0.15) is 6.61 Å². The molecule has 29 heavy (non-hydrogen) atoms. The van der Waals surface area contributed by atoms with Crippen LogP contribution in [0.1, 0.15) is 35.3 Å². The molecule has 1 atom stereocenters. The quantitative estimate of drug-likeness (QED) is 0.604. The molecule has 3 aromatic rings. The molecule has 2 aromatic carbocycles. The largest absolute Gasteiger partial charge is 0.481 e. The summed E-state index contributed by atoms with van der Waals surface area (Å²) in [4.78, 5) is 24.7. The first-order valence-electron chi connectivity index (χ1n) is 9.37. The minimum absolute atomic E-state index is 0.0411. The molecule has 0 bridgehead atoms. The van der Waals surface area contributed by atoms with Crippen LogP contribution in [0.15, 0.2) is 66.0 Å². The number of fused-ring (bicyclic) bond motifs is 3. The number of carbonyl (C=O) groups is 2. The fourth-order valence-corrected chi connectivity index (χ4v) is 4.79. The number of carboxylic acids is 1. The predicted octanol–water partition coefficient (Wildman–Crippen LogP) is 4.98. The highest BCUT2D eigenvalue weighted by atomic mass is 32.1. The molecule has 1 aliphatic carbocycles. The van der Waals surface area contributed by atoms with Gasteiger partial charge in [0, 0.05) is 10.8 Å². The molecule has 0 saturated heterocycles. The molecule has 148 valence electrons. The zero-order valence-electron chi connectivity index (χ0n) is 15.9. The molecule has 1 aliphatic rings. The van der Waals surface area contributed by atoms with Crippen molar-refractivity contribution in [2.24, 2.45) is 0 Å². The summed E-state index contributed by atoms with van der Waals surface area (Å²) in [7, 11) is 0. The second kappa shape index (κ2) is 7.72. The highest BCUT2D eigenvalue weighted by Crippen LogP contribution is 2.44. The normalized spacial score (nSPS) is 14.5. The van der Waals surface area contributed by atoms with Crippen molar-refractivity contribution < 1.29 is 19.4 Å². The van der Waals surface area contributed by atoms with Crippen LogP contribution in [0.5, 0.6) is 0 Å². The number of alkyl carbamates (subject to hydrolysis) is 1. The number of rotatable bonds is 6. The van der Waals surface area contributed by atoms with E-state index in [9.17, 15) is 14.7 Å². The summed E-state index contributed by atoms with van der Waals surface area (Å²) in [5, 5.41) is 13.9. The highest BCUT2D eigenvalue weighted by molar-refractivity contribution is 7.10. The van der Waals surface area contributed by atoms with Crippen LogP contribution in [-0.2, 0) is 15.1 Å². The molecule has 0 radical (unpaired) electrons. The van der Waals surface area contributed by atoms with Crippen molar-refractivity contribution in [3.05, 3.63) is 82.0 Å². The Morgan fingerprint density at radius 3 is 2.21 bits per heavy atom. The Morgan fingerprint density at radius 2 is 1.66 bits per heavy atom. The van der Waals surface area contributed by atoms with E-state index < -0.39 is 17.6 Å². The van der Waals surface area contributed by atoms with Gasteiger partial charge in [-0.1, -0.05) is 54.6 Å². The van der Waals surface area contributed by atoms with Crippen molar-refractivity contribution in [2.75, 3.05) is 6.61 Å². The van der Waals surface area contributed by atoms with Crippen LogP contribution in [-0.4, -0.2) is 23.8 Å². The molecule has 0 saturated carbocycles. The number of carboxylic acid groups (broad SMARTS) is 1. The van der Waals surface area contributed by atoms with Gasteiger partial charge in [0.2, 0.25) is 0 Å². The minimum Gasteiger partial charge on any atom is -0.481 e. The number of ether oxygens (including phenoxy) is 1. The summed E-state index contributed by atoms with van der Waals surface area (Å²) in [6.07, 6.45) is -0.846. The van der Waals surface area contributed by atoms with E-state index >= 15 is 0 Å². The van der Waals surface area contributed by atoms with Gasteiger partial charge in [-0.3, -0.25) is 4.79 Å². The smallest absolute Gasteiger partial charge is 0.407 e. The van der Waals surface area contributed by atoms with Crippen molar-refractivity contribution in [2.45, 2.75) is 24.8 Å². The predicted molar refractivity (Wildman–Crippen MR) is 112 cm³/mol. The van der Waals surface area contributed by atoms with Crippen LogP contribution in [0.2, 0.25) is 0 Å². The molecule has 0 spiro atoms. The number of hydrogen-bond acceptors (Lipinski definition) is 4. The van der Waals surface area contributed by atoms with E-state index in [1.165, 1.54) is 11.3 Å². The maximum Gasteiger partial charge on any atom is 0.407 e. The molecule has 1 unspecified atom stereocenters. The molecular formula is C23H21NO4S. The van der Waals surface area contributed by atoms with E-state index in [0.717, 1.165) is 27.1 Å². The van der Waals surface area contributed by atoms with Gasteiger partial charge < -0.3 is 15.2 Å². The summed E-state index contributed by atoms with van der Waals surface area (Å²) < 4.78 is 5.58. The lowest BCUT2D eigenvalue weighted by molar-refractivity contribution is -0.138. The summed E-state index contributed by atoms with van der Waals surface area (Å²) in [6, 6.07) is 19.9. The maximum absolute atomic E-state index is 12.6. The van der Waals surface area contributed by atoms with Gasteiger partial charge in [-0.2, -0.15) is 0 Å². The molecule has 1 heterocycles. The van der Waals surface area contributed by atoms with Crippen molar-refractivity contribution >= 4 is 23.4 Å². The Labute approximate surface area is 173 Å². The topological polar surface area (TPSA) is 75.6 Å². The Kier molecular flexibility index (Phi) is 5.11. The lowest BCUT2D eigenvalue weighted by atomic mass is 9.96. The van der Waals surface area contributed by atoms with Gasteiger partial charge in [-0.25, -0.2) is 4.79 Å². The number of amides is 1. The van der Waals surface area contributed by atoms with E-state index in [0.29, 0.717) is 0 Å². The molecule has 6 heteroatoms. The Balaban J connectivity index is 1.50. The average Bonchev–Trinajstić information content (AvgIpc) is 3.33. The third-order valence-electron chi connectivity index (χ3n) is 5.29. The van der Waals surface area contributed by atoms with Gasteiger partial charge in [0.15, 0.2) is 0 Å². The zero-order valence-corrected chi connectivity index (χ0v) is 16.7. The number of nitrogens with one attached hydrogen (secondary N) is 1. The summed E-state index contributed by atoms with van der Waals surface area (Å²) in [5.74, 6) is -1.03. The van der Waals surface area contributed by atoms with Crippen LogP contribution in [0.4, 0.5) is 4.79 Å². The number of benzene rings is 2. The molecule has 2 N–H and O–H groups in total. The van der Waals surface area contributed by atoms with Crippen LogP contribution < -0.4 is 5.32 Å². The standard InChI is InChI=1S/C23H21NO4S/c1-23(13-21(25)26,20-11-6-12-29-20)24-22(27)28-14-19-17-9-4-2-7-15(17)16-8-3-5-10-18(16)19/h2-12,19H,13-14H2,1H3,(H,24,27)(H,25,26). The maximum atomic E-state index is 12.6. The van der Waals surface area contributed by atoms with E-state index in [2.05, 4.69) is 29.6 Å². The molecule has 0 fully saturated rings. The first-order valence-corrected chi connectivity index (χ1v) is 10.2. The van der Waals surface area contributed by atoms with Crippen molar-refractivity contribution in [3.8, 4) is 11.1 Å². The van der Waals surface area contributed by atoms with Gasteiger partial charge >= 0.3 is 12.1 Å². The summed E-state index contributed by atoms with van der Waals surface area (Å²) >= 11 is 1.41. The SMILES string of the molecule is CC(CC(=O)O)(NC(=O)OCC1c2ccccc2-c2ccccc21)c1cccs1. The monoisotopic (exact) mass is 407 g/mol. The van der Waals surface area contributed by atoms with Crippen LogP contribution in [0.3, 0.4) is 0 Å². The first kappa shape index (κ1) is 19.2. The third-order valence-corrected chi connectivity index (χ3v) is 6.43. The van der Waals surface area contributed by atoms with E-state index in [1.54, 1.807) is 6.92 Å². The molecule has 0 aliphatic heterocycles. The Bertz CT molecular complexity index is 1000. The second-order valence-corrected chi connectivity index (χ2v) is 8.28. The first-order chi connectivity index (χ1) is 14.0. The summed E-state index contributed by atoms with van der Waals surface area (Å²) in [5.41, 5.74) is 3.56. The van der Waals surface area contributed by atoms with Gasteiger partial charge in [0.25, 0.3) is 0 Å². The van der Waals surface area contributed by atoms with Crippen LogP contribution in [0, 0.1) is 0 Å². The number of thiophene rings is 1. The van der Waals surface area contributed by atoms with Crippen LogP contribution >= 0.6 is 11.3 Å². The summed E-state index contributed by atoms with van der Waals surface area (Å²) in [6.45, 7) is 1.89. The lowest BCUT2D eigenvalue weighted by Crippen LogP contribution is -2.45. The third kappa shape index (κ3) is 3.76.